The number of thiazole rings is 1. The first-order valence-electron chi connectivity index (χ1n) is 14.2. The first kappa shape index (κ1) is 30.7. The van der Waals surface area contributed by atoms with Crippen LogP contribution in [0.15, 0.2) is 108 Å². The molecule has 9 heteroatoms. The fourth-order valence-corrected chi connectivity index (χ4v) is 6.43. The van der Waals surface area contributed by atoms with Gasteiger partial charge in [-0.2, -0.15) is 0 Å². The number of anilines is 2. The van der Waals surface area contributed by atoms with Crippen LogP contribution in [0.1, 0.15) is 40.4 Å². The monoisotopic (exact) mass is 620 g/mol. The average Bonchev–Trinajstić information content (AvgIpc) is 3.42. The Morgan fingerprint density at radius 2 is 1.66 bits per heavy atom. The standard InChI is InChI=1S/C35H32N4O3S2/c1-4-30(34(42)39-35-38-28-18-17-22(2)19-31(28)44-35)43-27-16-10-15-26(21-27)36-33(41)29(20-25-14-9-8-11-23(25)3)37-32(40)24-12-6-5-7-13-24/h5-21,30H,4H2,1-3H3,(H,36,41)(H,37,40)(H,38,39,42)/b29-20-. The van der Waals surface area contributed by atoms with E-state index in [4.69, 9.17) is 0 Å². The molecule has 0 spiro atoms. The SMILES string of the molecule is CCC(Sc1cccc(NC(=O)/C(=C/c2ccccc2C)NC(=O)c2ccccc2)c1)C(=O)Nc1nc2ccc(C)cc2s1. The Balaban J connectivity index is 1.30. The van der Waals surface area contributed by atoms with Gasteiger partial charge in [-0.05, 0) is 85.5 Å². The summed E-state index contributed by atoms with van der Waals surface area (Å²) in [6.45, 7) is 5.93. The number of nitrogens with one attached hydrogen (secondary N) is 3. The molecule has 0 saturated carbocycles. The summed E-state index contributed by atoms with van der Waals surface area (Å²) in [5.74, 6) is -0.977. The first-order valence-corrected chi connectivity index (χ1v) is 15.9. The maximum Gasteiger partial charge on any atom is 0.272 e. The second-order valence-electron chi connectivity index (χ2n) is 10.2. The van der Waals surface area contributed by atoms with Gasteiger partial charge in [0.05, 0.1) is 15.5 Å². The first-order chi connectivity index (χ1) is 21.3. The maximum absolute atomic E-state index is 13.5. The van der Waals surface area contributed by atoms with Gasteiger partial charge in [0.2, 0.25) is 5.91 Å². The highest BCUT2D eigenvalue weighted by molar-refractivity contribution is 8.00. The molecule has 7 nitrogen and oxygen atoms in total. The summed E-state index contributed by atoms with van der Waals surface area (Å²) >= 11 is 2.87. The van der Waals surface area contributed by atoms with Crippen LogP contribution in [0.5, 0.6) is 0 Å². The van der Waals surface area contributed by atoms with E-state index in [9.17, 15) is 14.4 Å². The van der Waals surface area contributed by atoms with Crippen molar-refractivity contribution in [2.45, 2.75) is 37.3 Å². The predicted molar refractivity (Wildman–Crippen MR) is 181 cm³/mol. The van der Waals surface area contributed by atoms with Crippen LogP contribution in [-0.2, 0) is 9.59 Å². The van der Waals surface area contributed by atoms with Crippen molar-refractivity contribution in [2.24, 2.45) is 0 Å². The highest BCUT2D eigenvalue weighted by Gasteiger charge is 2.21. The van der Waals surface area contributed by atoms with Crippen LogP contribution < -0.4 is 16.0 Å². The second-order valence-corrected chi connectivity index (χ2v) is 12.5. The third-order valence-corrected chi connectivity index (χ3v) is 9.12. The van der Waals surface area contributed by atoms with Crippen LogP contribution in [0.2, 0.25) is 0 Å². The van der Waals surface area contributed by atoms with Gasteiger partial charge in [0.15, 0.2) is 5.13 Å². The summed E-state index contributed by atoms with van der Waals surface area (Å²) in [5.41, 5.74) is 4.88. The number of fused-ring (bicyclic) bond motifs is 1. The molecule has 0 radical (unpaired) electrons. The Kier molecular flexibility index (Phi) is 9.89. The van der Waals surface area contributed by atoms with Gasteiger partial charge in [0, 0.05) is 16.1 Å². The van der Waals surface area contributed by atoms with Crippen LogP contribution in [0.4, 0.5) is 10.8 Å². The Morgan fingerprint density at radius 1 is 0.886 bits per heavy atom. The molecule has 44 heavy (non-hydrogen) atoms. The summed E-state index contributed by atoms with van der Waals surface area (Å²) in [5, 5.41) is 8.88. The molecule has 3 N–H and O–H groups in total. The molecule has 0 fully saturated rings. The van der Waals surface area contributed by atoms with Crippen molar-refractivity contribution in [3.05, 3.63) is 125 Å². The van der Waals surface area contributed by atoms with Gasteiger partial charge in [-0.1, -0.05) is 72.9 Å². The van der Waals surface area contributed by atoms with Crippen molar-refractivity contribution < 1.29 is 14.4 Å². The van der Waals surface area contributed by atoms with E-state index in [2.05, 4.69) is 27.0 Å². The van der Waals surface area contributed by atoms with Crippen LogP contribution in [-0.4, -0.2) is 28.0 Å². The van der Waals surface area contributed by atoms with E-state index in [1.54, 1.807) is 36.4 Å². The summed E-state index contributed by atoms with van der Waals surface area (Å²) in [7, 11) is 0. The third kappa shape index (κ3) is 7.80. The van der Waals surface area contributed by atoms with Crippen molar-refractivity contribution in [3.8, 4) is 0 Å². The van der Waals surface area contributed by atoms with Crippen molar-refractivity contribution in [1.82, 2.24) is 10.3 Å². The van der Waals surface area contributed by atoms with Crippen molar-refractivity contribution in [2.75, 3.05) is 10.6 Å². The van der Waals surface area contributed by atoms with Gasteiger partial charge in [-0.3, -0.25) is 14.4 Å². The maximum atomic E-state index is 13.5. The molecule has 0 bridgehead atoms. The van der Waals surface area contributed by atoms with E-state index in [0.29, 0.717) is 22.8 Å². The molecule has 0 aliphatic heterocycles. The quantitative estimate of drug-likeness (QED) is 0.109. The van der Waals surface area contributed by atoms with Crippen molar-refractivity contribution in [3.63, 3.8) is 0 Å². The van der Waals surface area contributed by atoms with Gasteiger partial charge in [0.1, 0.15) is 5.70 Å². The zero-order valence-corrected chi connectivity index (χ0v) is 26.2. The van der Waals surface area contributed by atoms with Gasteiger partial charge in [-0.15, -0.1) is 11.8 Å². The smallest absolute Gasteiger partial charge is 0.272 e. The third-order valence-electron chi connectivity index (χ3n) is 6.82. The molecule has 5 aromatic rings. The average molecular weight is 621 g/mol. The number of aryl methyl sites for hydroxylation is 2. The van der Waals surface area contributed by atoms with Crippen molar-refractivity contribution >= 4 is 67.9 Å². The van der Waals surface area contributed by atoms with E-state index in [-0.39, 0.29) is 22.8 Å². The molecular formula is C35H32N4O3S2. The number of rotatable bonds is 10. The van der Waals surface area contributed by atoms with Gasteiger partial charge >= 0.3 is 0 Å². The predicted octanol–water partition coefficient (Wildman–Crippen LogP) is 7.83. The molecule has 1 heterocycles. The van der Waals surface area contributed by atoms with Crippen LogP contribution in [0.25, 0.3) is 16.3 Å². The van der Waals surface area contributed by atoms with Gasteiger partial charge < -0.3 is 16.0 Å². The Labute approximate surface area is 264 Å². The molecule has 0 saturated heterocycles. The molecule has 5 rings (SSSR count). The lowest BCUT2D eigenvalue weighted by Gasteiger charge is -2.15. The summed E-state index contributed by atoms with van der Waals surface area (Å²) < 4.78 is 1.03. The normalized spacial score (nSPS) is 12.0. The lowest BCUT2D eigenvalue weighted by molar-refractivity contribution is -0.116. The number of thioether (sulfide) groups is 1. The fraction of sp³-hybridized carbons (Fsp3) is 0.143. The van der Waals surface area contributed by atoms with Crippen LogP contribution in [0, 0.1) is 13.8 Å². The Morgan fingerprint density at radius 3 is 2.43 bits per heavy atom. The topological polar surface area (TPSA) is 100 Å². The molecule has 1 unspecified atom stereocenters. The van der Waals surface area contributed by atoms with E-state index in [1.807, 2.05) is 81.4 Å². The number of hydrogen-bond donors (Lipinski definition) is 3. The van der Waals surface area contributed by atoms with Crippen LogP contribution in [0.3, 0.4) is 0 Å². The zero-order valence-electron chi connectivity index (χ0n) is 24.6. The summed E-state index contributed by atoms with van der Waals surface area (Å²) in [6, 6.07) is 29.7. The number of amides is 3. The Bertz CT molecular complexity index is 1850. The molecule has 3 amide bonds. The number of aromatic nitrogens is 1. The lowest BCUT2D eigenvalue weighted by Crippen LogP contribution is -2.30. The highest BCUT2D eigenvalue weighted by atomic mass is 32.2. The molecule has 1 aromatic heterocycles. The van der Waals surface area contributed by atoms with E-state index in [0.717, 1.165) is 31.8 Å². The molecular weight excluding hydrogens is 589 g/mol. The number of nitrogens with zero attached hydrogens (tertiary/aromatic N) is 1. The fourth-order valence-electron chi connectivity index (χ4n) is 4.45. The number of carbonyl (C=O) groups excluding carboxylic acids is 3. The second kappa shape index (κ2) is 14.2. The van der Waals surface area contributed by atoms with E-state index in [1.165, 1.54) is 23.1 Å². The number of hydrogen-bond acceptors (Lipinski definition) is 6. The molecule has 4 aromatic carbocycles. The van der Waals surface area contributed by atoms with Gasteiger partial charge in [0.25, 0.3) is 11.8 Å². The summed E-state index contributed by atoms with van der Waals surface area (Å²) in [6.07, 6.45) is 2.27. The molecule has 1 atom stereocenters. The minimum atomic E-state index is -0.462. The number of carbonyl (C=O) groups is 3. The van der Waals surface area contributed by atoms with Gasteiger partial charge in [-0.25, -0.2) is 4.98 Å². The zero-order chi connectivity index (χ0) is 31.1. The minimum absolute atomic E-state index is 0.114. The van der Waals surface area contributed by atoms with E-state index >= 15 is 0 Å². The summed E-state index contributed by atoms with van der Waals surface area (Å²) in [4.78, 5) is 45.1. The molecule has 0 aliphatic carbocycles. The largest absolute Gasteiger partial charge is 0.321 e. The highest BCUT2D eigenvalue weighted by Crippen LogP contribution is 2.31. The van der Waals surface area contributed by atoms with E-state index < -0.39 is 5.91 Å². The van der Waals surface area contributed by atoms with Crippen molar-refractivity contribution in [1.29, 1.82) is 0 Å². The lowest BCUT2D eigenvalue weighted by atomic mass is 10.1. The number of benzene rings is 4. The minimum Gasteiger partial charge on any atom is -0.321 e. The van der Waals surface area contributed by atoms with Crippen LogP contribution >= 0.6 is 23.1 Å². The Hall–Kier alpha value is -4.73. The molecule has 0 aliphatic rings. The molecule has 222 valence electrons.